The van der Waals surface area contributed by atoms with E-state index in [0.29, 0.717) is 6.42 Å². The number of aryl methyl sites for hydroxylation is 1. The van der Waals surface area contributed by atoms with Crippen molar-refractivity contribution in [3.05, 3.63) is 36.0 Å². The average molecular weight is 398 g/mol. The minimum Gasteiger partial charge on any atom is -0.388 e. The zero-order valence-corrected chi connectivity index (χ0v) is 15.5. The fourth-order valence-corrected chi connectivity index (χ4v) is 3.79. The van der Waals surface area contributed by atoms with Gasteiger partial charge in [-0.05, 0) is 25.0 Å². The van der Waals surface area contributed by atoms with Gasteiger partial charge in [-0.2, -0.15) is 8.42 Å². The number of aliphatic hydroxyl groups excluding tert-OH is 2. The summed E-state index contributed by atoms with van der Waals surface area (Å²) in [5.74, 6) is -0.707. The highest BCUT2D eigenvalue weighted by molar-refractivity contribution is 7.85. The molecular formula is C17H22N2O7S. The highest BCUT2D eigenvalue weighted by atomic mass is 32.2. The summed E-state index contributed by atoms with van der Waals surface area (Å²) in [5.41, 5.74) is 1.85. The molecule has 0 bridgehead atoms. The average Bonchev–Trinajstić information content (AvgIpc) is 3.14. The fraction of sp³-hybridized carbons (Fsp3) is 0.471. The number of benzene rings is 1. The van der Waals surface area contributed by atoms with E-state index in [4.69, 9.17) is 8.92 Å². The molecule has 1 aliphatic rings. The highest BCUT2D eigenvalue weighted by Gasteiger charge is 2.41. The Labute approximate surface area is 156 Å². The molecule has 2 aromatic rings. The number of hydrogen-bond donors (Lipinski definition) is 4. The molecule has 1 amide bonds. The second-order valence-corrected chi connectivity index (χ2v) is 7.83. The number of rotatable bonds is 7. The predicted octanol–water partition coefficient (Wildman–Crippen LogP) is -0.0128. The number of carbonyl (C=O) groups excluding carboxylic acids is 1. The van der Waals surface area contributed by atoms with Crippen molar-refractivity contribution >= 4 is 27.1 Å². The van der Waals surface area contributed by atoms with Gasteiger partial charge in [-0.1, -0.05) is 18.2 Å². The number of amides is 1. The van der Waals surface area contributed by atoms with Gasteiger partial charge in [0.05, 0.1) is 12.7 Å². The summed E-state index contributed by atoms with van der Waals surface area (Å²) >= 11 is 0. The van der Waals surface area contributed by atoms with Crippen molar-refractivity contribution in [1.29, 1.82) is 0 Å². The van der Waals surface area contributed by atoms with E-state index in [1.165, 1.54) is 0 Å². The second-order valence-electron chi connectivity index (χ2n) is 6.48. The number of para-hydroxylation sites is 1. The molecule has 1 aliphatic heterocycles. The van der Waals surface area contributed by atoms with Crippen molar-refractivity contribution in [3.63, 3.8) is 0 Å². The summed E-state index contributed by atoms with van der Waals surface area (Å²) in [6.45, 7) is 1.04. The number of ether oxygens (including phenoxy) is 1. The lowest BCUT2D eigenvalue weighted by Gasteiger charge is -2.14. The molecule has 1 saturated heterocycles. The number of aromatic nitrogens is 1. The van der Waals surface area contributed by atoms with E-state index < -0.39 is 47.2 Å². The molecule has 148 valence electrons. The molecular weight excluding hydrogens is 376 g/mol. The molecule has 4 N–H and O–H groups in total. The maximum atomic E-state index is 12.0. The van der Waals surface area contributed by atoms with E-state index in [0.717, 1.165) is 16.5 Å². The molecule has 9 nitrogen and oxygen atoms in total. The smallest absolute Gasteiger partial charge is 0.362 e. The van der Waals surface area contributed by atoms with E-state index in [2.05, 4.69) is 4.98 Å². The van der Waals surface area contributed by atoms with Gasteiger partial charge in [0.15, 0.2) is 0 Å². The molecule has 0 saturated carbocycles. The van der Waals surface area contributed by atoms with Gasteiger partial charge in [0.25, 0.3) is 0 Å². The number of aliphatic hydroxyl groups is 2. The molecule has 0 radical (unpaired) electrons. The number of nitrogens with one attached hydrogen (secondary N) is 2. The van der Waals surface area contributed by atoms with Crippen LogP contribution < -0.4 is 4.72 Å². The third-order valence-electron chi connectivity index (χ3n) is 4.52. The van der Waals surface area contributed by atoms with E-state index in [9.17, 15) is 23.4 Å². The summed E-state index contributed by atoms with van der Waals surface area (Å²) in [7, 11) is -4.34. The van der Waals surface area contributed by atoms with Crippen LogP contribution in [0, 0.1) is 0 Å². The predicted molar refractivity (Wildman–Crippen MR) is 96.0 cm³/mol. The van der Waals surface area contributed by atoms with Crippen LogP contribution in [0.15, 0.2) is 30.5 Å². The Kier molecular flexibility index (Phi) is 5.82. The molecule has 27 heavy (non-hydrogen) atoms. The standard InChI is InChI=1S/C17H22N2O7S/c1-10-16(21)17(22)14(26-10)9-25-27(23,24)19-15(20)7-6-11-8-18-13-5-3-2-4-12(11)13/h2-5,8,10,14,16-18,21-22H,6-7,9H2,1H3,(H,19,20)/t10-,14+,16+,17?/m0/s1. The molecule has 0 aliphatic carbocycles. The second kappa shape index (κ2) is 7.95. The van der Waals surface area contributed by atoms with Crippen molar-refractivity contribution in [3.8, 4) is 0 Å². The fourth-order valence-electron chi connectivity index (χ4n) is 3.04. The van der Waals surface area contributed by atoms with Gasteiger partial charge in [0.2, 0.25) is 5.91 Å². The van der Waals surface area contributed by atoms with Crippen molar-refractivity contribution in [2.45, 2.75) is 44.2 Å². The zero-order chi connectivity index (χ0) is 19.6. The number of fused-ring (bicyclic) bond motifs is 1. The highest BCUT2D eigenvalue weighted by Crippen LogP contribution is 2.21. The van der Waals surface area contributed by atoms with Crippen LogP contribution in [0.2, 0.25) is 0 Å². The Morgan fingerprint density at radius 3 is 2.74 bits per heavy atom. The Bertz CT molecular complexity index is 911. The number of hydrogen-bond acceptors (Lipinski definition) is 7. The van der Waals surface area contributed by atoms with Gasteiger partial charge >= 0.3 is 10.3 Å². The lowest BCUT2D eigenvalue weighted by atomic mass is 10.1. The summed E-state index contributed by atoms with van der Waals surface area (Å²) in [6, 6.07) is 7.61. The molecule has 3 rings (SSSR count). The Hall–Kier alpha value is -1.98. The normalized spacial score (nSPS) is 25.7. The van der Waals surface area contributed by atoms with E-state index in [1.54, 1.807) is 13.1 Å². The molecule has 1 aromatic heterocycles. The van der Waals surface area contributed by atoms with E-state index in [-0.39, 0.29) is 6.42 Å². The molecule has 0 spiro atoms. The first kappa shape index (κ1) is 19.8. The lowest BCUT2D eigenvalue weighted by molar-refractivity contribution is -0.119. The third kappa shape index (κ3) is 4.66. The maximum Gasteiger partial charge on any atom is 0.362 e. The summed E-state index contributed by atoms with van der Waals surface area (Å²) in [4.78, 5) is 15.0. The van der Waals surface area contributed by atoms with Crippen LogP contribution in [0.4, 0.5) is 0 Å². The number of H-pyrrole nitrogens is 1. The molecule has 1 fully saturated rings. The van der Waals surface area contributed by atoms with Gasteiger partial charge in [-0.15, -0.1) is 0 Å². The van der Waals surface area contributed by atoms with Crippen LogP contribution in [0.3, 0.4) is 0 Å². The van der Waals surface area contributed by atoms with Crippen LogP contribution in [0.25, 0.3) is 10.9 Å². The SMILES string of the molecule is C[C@@H]1O[C@H](COS(=O)(=O)NC(=O)CCc2c[nH]c3ccccc23)C(O)[C@@H]1O. The Balaban J connectivity index is 1.49. The molecule has 1 aromatic carbocycles. The molecule has 10 heteroatoms. The maximum absolute atomic E-state index is 12.0. The number of carbonyl (C=O) groups is 1. The van der Waals surface area contributed by atoms with Crippen molar-refractivity contribution < 1.29 is 32.3 Å². The Morgan fingerprint density at radius 2 is 2.04 bits per heavy atom. The van der Waals surface area contributed by atoms with Crippen molar-refractivity contribution in [2.75, 3.05) is 6.61 Å². The summed E-state index contributed by atoms with van der Waals surface area (Å²) < 4.78 is 35.5. The minimum absolute atomic E-state index is 0.0389. The van der Waals surface area contributed by atoms with Crippen LogP contribution in [0.1, 0.15) is 18.9 Å². The van der Waals surface area contributed by atoms with Crippen LogP contribution in [-0.2, 0) is 30.4 Å². The Morgan fingerprint density at radius 1 is 1.30 bits per heavy atom. The van der Waals surface area contributed by atoms with Crippen molar-refractivity contribution in [2.24, 2.45) is 0 Å². The van der Waals surface area contributed by atoms with Crippen LogP contribution >= 0.6 is 0 Å². The first-order valence-corrected chi connectivity index (χ1v) is 9.94. The summed E-state index contributed by atoms with van der Waals surface area (Å²) in [5, 5.41) is 20.3. The topological polar surface area (TPSA) is 138 Å². The van der Waals surface area contributed by atoms with Crippen LogP contribution in [-0.4, -0.2) is 60.5 Å². The first-order valence-electron chi connectivity index (χ1n) is 8.53. The van der Waals surface area contributed by atoms with Gasteiger partial charge in [0, 0.05) is 23.5 Å². The van der Waals surface area contributed by atoms with Gasteiger partial charge < -0.3 is 19.9 Å². The van der Waals surface area contributed by atoms with Crippen LogP contribution in [0.5, 0.6) is 0 Å². The van der Waals surface area contributed by atoms with Gasteiger partial charge in [-0.3, -0.25) is 8.98 Å². The molecule has 2 heterocycles. The third-order valence-corrected chi connectivity index (χ3v) is 5.45. The van der Waals surface area contributed by atoms with Crippen molar-refractivity contribution in [1.82, 2.24) is 9.71 Å². The first-order chi connectivity index (χ1) is 12.8. The summed E-state index contributed by atoms with van der Waals surface area (Å²) in [6.07, 6.45) is -1.90. The molecule has 4 atom stereocenters. The largest absolute Gasteiger partial charge is 0.388 e. The van der Waals surface area contributed by atoms with E-state index in [1.807, 2.05) is 29.0 Å². The quantitative estimate of drug-likeness (QED) is 0.514. The minimum atomic E-state index is -4.34. The lowest BCUT2D eigenvalue weighted by Crippen LogP contribution is -2.37. The van der Waals surface area contributed by atoms with E-state index >= 15 is 0 Å². The number of aromatic amines is 1. The van der Waals surface area contributed by atoms with Gasteiger partial charge in [-0.25, -0.2) is 4.72 Å². The van der Waals surface area contributed by atoms with Gasteiger partial charge in [0.1, 0.15) is 18.3 Å². The molecule has 1 unspecified atom stereocenters. The zero-order valence-electron chi connectivity index (χ0n) is 14.7. The monoisotopic (exact) mass is 398 g/mol.